The number of fused-ring (bicyclic) bond motifs is 5. The maximum atomic E-state index is 12.3. The standard InChI is InChI=1S/C31H52O6/c1-18(2)7-6-8-19(3)23-11-12-24-22-10-9-20-17-21(37-29(36)27(33)26(32)28(34)35)13-15-30(20,4)25(22)14-16-31(23,24)5/h9,18-19,21-28,32-35H,6-8,10-17H2,1-5H3/t19-,21+,22-,23-,24-,25-,26-,27-,30+,31-/m1/s1. The number of allylic oxidation sites excluding steroid dienone is 1. The molecular weight excluding hydrogens is 468 g/mol. The van der Waals surface area contributed by atoms with Gasteiger partial charge in [-0.05, 0) is 91.3 Å². The van der Waals surface area contributed by atoms with E-state index in [9.17, 15) is 15.0 Å². The number of ether oxygens (including phenoxy) is 1. The minimum absolute atomic E-state index is 0.132. The number of aliphatic hydroxyl groups excluding tert-OH is 3. The van der Waals surface area contributed by atoms with Crippen molar-refractivity contribution in [3.05, 3.63) is 11.6 Å². The van der Waals surface area contributed by atoms with Gasteiger partial charge in [0.2, 0.25) is 0 Å². The van der Waals surface area contributed by atoms with Gasteiger partial charge in [-0.2, -0.15) is 0 Å². The Morgan fingerprint density at radius 3 is 2.41 bits per heavy atom. The lowest BCUT2D eigenvalue weighted by molar-refractivity contribution is -0.189. The van der Waals surface area contributed by atoms with E-state index in [0.717, 1.165) is 48.9 Å². The van der Waals surface area contributed by atoms with Gasteiger partial charge in [0, 0.05) is 6.42 Å². The molecule has 0 radical (unpaired) electrons. The maximum absolute atomic E-state index is 12.3. The highest BCUT2D eigenvalue weighted by molar-refractivity contribution is 5.75. The summed E-state index contributed by atoms with van der Waals surface area (Å²) >= 11 is 0. The Hall–Kier alpha value is -0.950. The molecule has 0 aromatic rings. The molecule has 0 bridgehead atoms. The molecule has 37 heavy (non-hydrogen) atoms. The fourth-order valence-electron chi connectivity index (χ4n) is 9.29. The summed E-state index contributed by atoms with van der Waals surface area (Å²) in [7, 11) is 0. The SMILES string of the molecule is CC(C)CCC[C@@H](C)[C@H]1CC[C@@H]2[C@H]3CC=C4C[C@@H](OC(=O)[C@H](O)[C@@H](O)C(O)O)CC[C@]4(C)[C@@H]3CC[C@@]21C. The van der Waals surface area contributed by atoms with E-state index in [0.29, 0.717) is 17.8 Å². The summed E-state index contributed by atoms with van der Waals surface area (Å²) in [6.45, 7) is 12.2. The van der Waals surface area contributed by atoms with Crippen LogP contribution >= 0.6 is 0 Å². The zero-order valence-electron chi connectivity index (χ0n) is 23.7. The average molecular weight is 521 g/mol. The first kappa shape index (κ1) is 29.0. The second-order valence-corrected chi connectivity index (χ2v) is 13.9. The average Bonchev–Trinajstić information content (AvgIpc) is 3.20. The number of esters is 1. The normalized spacial score (nSPS) is 39.9. The van der Waals surface area contributed by atoms with Gasteiger partial charge in [0.1, 0.15) is 12.2 Å². The molecule has 6 heteroatoms. The van der Waals surface area contributed by atoms with Crippen molar-refractivity contribution >= 4 is 5.97 Å². The zero-order valence-corrected chi connectivity index (χ0v) is 23.7. The molecule has 3 saturated carbocycles. The zero-order chi connectivity index (χ0) is 27.1. The number of hydrogen-bond donors (Lipinski definition) is 4. The van der Waals surface area contributed by atoms with Crippen molar-refractivity contribution in [3.63, 3.8) is 0 Å². The van der Waals surface area contributed by atoms with Crippen molar-refractivity contribution in [2.45, 2.75) is 130 Å². The molecule has 0 saturated heterocycles. The first-order chi connectivity index (χ1) is 17.4. The summed E-state index contributed by atoms with van der Waals surface area (Å²) in [4.78, 5) is 12.3. The highest BCUT2D eigenvalue weighted by Crippen LogP contribution is 2.67. The van der Waals surface area contributed by atoms with Crippen LogP contribution in [0.25, 0.3) is 0 Å². The summed E-state index contributed by atoms with van der Waals surface area (Å²) < 4.78 is 5.52. The molecule has 4 aliphatic rings. The van der Waals surface area contributed by atoms with E-state index < -0.39 is 24.5 Å². The Balaban J connectivity index is 1.41. The summed E-state index contributed by atoms with van der Waals surface area (Å²) in [5.74, 6) is 3.67. The third kappa shape index (κ3) is 5.55. The third-order valence-electron chi connectivity index (χ3n) is 11.4. The molecular formula is C31H52O6. The predicted octanol–water partition coefficient (Wildman–Crippen LogP) is 4.97. The maximum Gasteiger partial charge on any atom is 0.338 e. The number of aliphatic hydroxyl groups is 4. The van der Waals surface area contributed by atoms with E-state index in [1.54, 1.807) is 0 Å². The molecule has 0 aliphatic heterocycles. The lowest BCUT2D eigenvalue weighted by Gasteiger charge is -2.58. The van der Waals surface area contributed by atoms with Crippen molar-refractivity contribution in [1.82, 2.24) is 0 Å². The van der Waals surface area contributed by atoms with Gasteiger partial charge in [0.25, 0.3) is 0 Å². The van der Waals surface area contributed by atoms with E-state index >= 15 is 0 Å². The minimum atomic E-state index is -2.19. The molecule has 4 N–H and O–H groups in total. The fraction of sp³-hybridized carbons (Fsp3) is 0.903. The van der Waals surface area contributed by atoms with Crippen molar-refractivity contribution in [2.75, 3.05) is 0 Å². The molecule has 0 aromatic heterocycles. The number of hydrogen-bond acceptors (Lipinski definition) is 6. The van der Waals surface area contributed by atoms with Crippen LogP contribution in [0.3, 0.4) is 0 Å². The van der Waals surface area contributed by atoms with Gasteiger partial charge in [-0.1, -0.05) is 65.5 Å². The van der Waals surface area contributed by atoms with Gasteiger partial charge >= 0.3 is 5.97 Å². The van der Waals surface area contributed by atoms with Crippen LogP contribution in [0.5, 0.6) is 0 Å². The van der Waals surface area contributed by atoms with Crippen molar-refractivity contribution < 1.29 is 30.0 Å². The van der Waals surface area contributed by atoms with Crippen LogP contribution < -0.4 is 0 Å². The van der Waals surface area contributed by atoms with Crippen LogP contribution in [-0.2, 0) is 9.53 Å². The summed E-state index contributed by atoms with van der Waals surface area (Å²) in [6, 6.07) is 0. The number of carbonyl (C=O) groups excluding carboxylic acids is 1. The Labute approximate surface area is 223 Å². The molecule has 10 atom stereocenters. The van der Waals surface area contributed by atoms with E-state index in [4.69, 9.17) is 14.9 Å². The summed E-state index contributed by atoms with van der Waals surface area (Å²) in [5, 5.41) is 37.6. The summed E-state index contributed by atoms with van der Waals surface area (Å²) in [5.41, 5.74) is 1.98. The largest absolute Gasteiger partial charge is 0.460 e. The quantitative estimate of drug-likeness (QED) is 0.194. The molecule has 0 spiro atoms. The second-order valence-electron chi connectivity index (χ2n) is 13.9. The molecule has 0 heterocycles. The molecule has 0 unspecified atom stereocenters. The van der Waals surface area contributed by atoms with Crippen LogP contribution in [0.15, 0.2) is 11.6 Å². The highest BCUT2D eigenvalue weighted by atomic mass is 16.6. The molecule has 0 amide bonds. The molecule has 212 valence electrons. The van der Waals surface area contributed by atoms with Crippen LogP contribution in [0, 0.1) is 46.3 Å². The van der Waals surface area contributed by atoms with Crippen molar-refractivity contribution in [2.24, 2.45) is 46.3 Å². The topological polar surface area (TPSA) is 107 Å². The van der Waals surface area contributed by atoms with E-state index in [-0.39, 0.29) is 11.5 Å². The Bertz CT molecular complexity index is 838. The first-order valence-electron chi connectivity index (χ1n) is 15.0. The monoisotopic (exact) mass is 520 g/mol. The van der Waals surface area contributed by atoms with Crippen molar-refractivity contribution in [1.29, 1.82) is 0 Å². The molecule has 4 aliphatic carbocycles. The Morgan fingerprint density at radius 1 is 1.00 bits per heavy atom. The smallest absolute Gasteiger partial charge is 0.338 e. The highest BCUT2D eigenvalue weighted by Gasteiger charge is 2.59. The van der Waals surface area contributed by atoms with E-state index in [1.807, 2.05) is 0 Å². The van der Waals surface area contributed by atoms with Gasteiger partial charge in [0.05, 0.1) is 0 Å². The second kappa shape index (κ2) is 11.3. The summed E-state index contributed by atoms with van der Waals surface area (Å²) in [6.07, 6.45) is 8.85. The van der Waals surface area contributed by atoms with Crippen LogP contribution in [0.4, 0.5) is 0 Å². The lowest BCUT2D eigenvalue weighted by atomic mass is 9.47. The van der Waals surface area contributed by atoms with Crippen molar-refractivity contribution in [3.8, 4) is 0 Å². The van der Waals surface area contributed by atoms with E-state index in [1.165, 1.54) is 50.5 Å². The van der Waals surface area contributed by atoms with Gasteiger partial charge in [-0.25, -0.2) is 4.79 Å². The van der Waals surface area contributed by atoms with Gasteiger partial charge in [-0.15, -0.1) is 0 Å². The van der Waals surface area contributed by atoms with Gasteiger partial charge < -0.3 is 25.2 Å². The minimum Gasteiger partial charge on any atom is -0.460 e. The number of rotatable bonds is 9. The first-order valence-corrected chi connectivity index (χ1v) is 15.0. The lowest BCUT2D eigenvalue weighted by Crippen LogP contribution is -2.51. The fourth-order valence-corrected chi connectivity index (χ4v) is 9.29. The van der Waals surface area contributed by atoms with Crippen LogP contribution in [0.1, 0.15) is 105 Å². The Morgan fingerprint density at radius 2 is 1.73 bits per heavy atom. The van der Waals surface area contributed by atoms with E-state index in [2.05, 4.69) is 40.7 Å². The molecule has 6 nitrogen and oxygen atoms in total. The van der Waals surface area contributed by atoms with Gasteiger partial charge in [0.15, 0.2) is 12.4 Å². The molecule has 4 rings (SSSR count). The van der Waals surface area contributed by atoms with Crippen LogP contribution in [-0.4, -0.2) is 51.0 Å². The third-order valence-corrected chi connectivity index (χ3v) is 11.4. The predicted molar refractivity (Wildman–Crippen MR) is 143 cm³/mol. The number of carbonyl (C=O) groups is 1. The van der Waals surface area contributed by atoms with Crippen LogP contribution in [0.2, 0.25) is 0 Å². The van der Waals surface area contributed by atoms with Gasteiger partial charge in [-0.3, -0.25) is 0 Å². The molecule has 0 aromatic carbocycles. The Kier molecular flexibility index (Phi) is 8.85. The molecule has 3 fully saturated rings.